The second-order valence-electron chi connectivity index (χ2n) is 5.33. The molecule has 3 aromatic rings. The molecule has 0 unspecified atom stereocenters. The van der Waals surface area contributed by atoms with Crippen LogP contribution >= 0.6 is 11.8 Å². The maximum absolute atomic E-state index is 12.9. The number of hydrogen-bond donors (Lipinski definition) is 0. The molecule has 1 aliphatic rings. The van der Waals surface area contributed by atoms with E-state index in [4.69, 9.17) is 0 Å². The summed E-state index contributed by atoms with van der Waals surface area (Å²) in [6.07, 6.45) is 0.454. The lowest BCUT2D eigenvalue weighted by Gasteiger charge is -2.27. The monoisotopic (exact) mass is 348 g/mol. The van der Waals surface area contributed by atoms with Gasteiger partial charge in [0, 0.05) is 30.7 Å². The van der Waals surface area contributed by atoms with Crippen LogP contribution in [0, 0.1) is 0 Å². The molecule has 1 saturated heterocycles. The van der Waals surface area contributed by atoms with Crippen LogP contribution in [-0.2, 0) is 0 Å². The molecule has 0 N–H and O–H groups in total. The lowest BCUT2D eigenvalue weighted by Crippen LogP contribution is -2.33. The number of hydrogen-bond acceptors (Lipinski definition) is 6. The van der Waals surface area contributed by atoms with E-state index in [2.05, 4.69) is 25.0 Å². The van der Waals surface area contributed by atoms with E-state index in [-0.39, 0.29) is 5.69 Å². The molecule has 4 rings (SSSR count). The van der Waals surface area contributed by atoms with Gasteiger partial charge in [-0.05, 0) is 12.1 Å². The van der Waals surface area contributed by atoms with Crippen molar-refractivity contribution in [1.29, 1.82) is 0 Å². The summed E-state index contributed by atoms with van der Waals surface area (Å²) in [4.78, 5) is 15.0. The highest BCUT2D eigenvalue weighted by Crippen LogP contribution is 2.24. The number of fused-ring (bicyclic) bond motifs is 1. The fraction of sp³-hybridized carbons (Fsp3) is 0.333. The van der Waals surface area contributed by atoms with E-state index < -0.39 is 6.43 Å². The van der Waals surface area contributed by atoms with Gasteiger partial charge in [-0.2, -0.15) is 16.9 Å². The summed E-state index contributed by atoms with van der Waals surface area (Å²) in [5.41, 5.74) is 1.40. The molecule has 1 aliphatic heterocycles. The van der Waals surface area contributed by atoms with E-state index in [9.17, 15) is 8.78 Å². The van der Waals surface area contributed by atoms with Crippen LogP contribution in [0.2, 0.25) is 0 Å². The van der Waals surface area contributed by atoms with Crippen molar-refractivity contribution in [2.24, 2.45) is 0 Å². The Labute approximate surface area is 140 Å². The van der Waals surface area contributed by atoms with Crippen molar-refractivity contribution in [3.8, 4) is 11.4 Å². The Kier molecular flexibility index (Phi) is 4.01. The molecule has 0 amide bonds. The van der Waals surface area contributed by atoms with Crippen LogP contribution in [0.25, 0.3) is 17.0 Å². The Hall–Kier alpha value is -2.29. The van der Waals surface area contributed by atoms with Crippen molar-refractivity contribution in [3.63, 3.8) is 0 Å². The second-order valence-corrected chi connectivity index (χ2v) is 6.56. The predicted molar refractivity (Wildman–Crippen MR) is 88.5 cm³/mol. The number of aromatic nitrogens is 5. The largest absolute Gasteiger partial charge is 0.355 e. The molecule has 0 atom stereocenters. The van der Waals surface area contributed by atoms with Crippen molar-refractivity contribution >= 4 is 23.2 Å². The van der Waals surface area contributed by atoms with E-state index >= 15 is 0 Å². The molecule has 0 spiro atoms. The molecule has 0 bridgehead atoms. The van der Waals surface area contributed by atoms with Gasteiger partial charge in [0.15, 0.2) is 5.65 Å². The fourth-order valence-electron chi connectivity index (χ4n) is 2.63. The van der Waals surface area contributed by atoms with E-state index in [1.807, 2.05) is 17.8 Å². The van der Waals surface area contributed by atoms with Crippen LogP contribution in [0.4, 0.5) is 14.6 Å². The maximum Gasteiger partial charge on any atom is 0.282 e. The average molecular weight is 348 g/mol. The molecular weight excluding hydrogens is 334 g/mol. The molecule has 1 fully saturated rings. The maximum atomic E-state index is 12.9. The first-order chi connectivity index (χ1) is 11.7. The first kappa shape index (κ1) is 15.3. The molecule has 0 aliphatic carbocycles. The normalized spacial score (nSPS) is 15.4. The molecule has 0 saturated carbocycles. The van der Waals surface area contributed by atoms with Gasteiger partial charge in [-0.1, -0.05) is 0 Å². The minimum atomic E-state index is -2.63. The topological polar surface area (TPSA) is 59.2 Å². The van der Waals surface area contributed by atoms with Gasteiger partial charge in [-0.15, -0.1) is 0 Å². The zero-order valence-electron chi connectivity index (χ0n) is 12.6. The third-order valence-electron chi connectivity index (χ3n) is 3.86. The van der Waals surface area contributed by atoms with Gasteiger partial charge in [0.1, 0.15) is 23.5 Å². The molecule has 6 nitrogen and oxygen atoms in total. The number of halogens is 2. The molecular formula is C15H14F2N6S. The predicted octanol–water partition coefficient (Wildman–Crippen LogP) is 2.68. The van der Waals surface area contributed by atoms with Crippen LogP contribution < -0.4 is 4.90 Å². The molecule has 4 heterocycles. The van der Waals surface area contributed by atoms with E-state index in [0.717, 1.165) is 30.4 Å². The SMILES string of the molecule is FC(F)c1ccc2ncc(-c3cc(N4CCSCC4)ncn3)n2n1. The summed E-state index contributed by atoms with van der Waals surface area (Å²) in [5, 5.41) is 3.98. The first-order valence-electron chi connectivity index (χ1n) is 7.50. The van der Waals surface area contributed by atoms with Gasteiger partial charge in [0.2, 0.25) is 0 Å². The smallest absolute Gasteiger partial charge is 0.282 e. The van der Waals surface area contributed by atoms with Crippen LogP contribution in [0.5, 0.6) is 0 Å². The van der Waals surface area contributed by atoms with Crippen LogP contribution in [0.15, 0.2) is 30.7 Å². The average Bonchev–Trinajstić information content (AvgIpc) is 3.05. The van der Waals surface area contributed by atoms with Crippen molar-refractivity contribution in [2.45, 2.75) is 6.43 Å². The Morgan fingerprint density at radius 3 is 2.71 bits per heavy atom. The highest BCUT2D eigenvalue weighted by molar-refractivity contribution is 7.99. The number of rotatable bonds is 3. The Morgan fingerprint density at radius 2 is 1.92 bits per heavy atom. The standard InChI is InChI=1S/C15H14F2N6S/c16-15(17)10-1-2-13-18-8-12(23(13)21-10)11-7-14(20-9-19-11)22-3-5-24-6-4-22/h1-2,7-9,15H,3-6H2. The van der Waals surface area contributed by atoms with Gasteiger partial charge in [-0.25, -0.2) is 28.2 Å². The minimum absolute atomic E-state index is 0.288. The summed E-state index contributed by atoms with van der Waals surface area (Å²) in [7, 11) is 0. The number of thioether (sulfide) groups is 1. The summed E-state index contributed by atoms with van der Waals surface area (Å²) < 4.78 is 27.2. The molecule has 9 heteroatoms. The minimum Gasteiger partial charge on any atom is -0.355 e. The summed E-state index contributed by atoms with van der Waals surface area (Å²) in [5.74, 6) is 2.96. The zero-order chi connectivity index (χ0) is 16.5. The molecule has 0 radical (unpaired) electrons. The summed E-state index contributed by atoms with van der Waals surface area (Å²) >= 11 is 1.92. The molecule has 3 aromatic heterocycles. The highest BCUT2D eigenvalue weighted by atomic mass is 32.2. The van der Waals surface area contributed by atoms with Gasteiger partial charge >= 0.3 is 0 Å². The number of anilines is 1. The zero-order valence-corrected chi connectivity index (χ0v) is 13.5. The lowest BCUT2D eigenvalue weighted by atomic mass is 10.3. The van der Waals surface area contributed by atoms with E-state index in [0.29, 0.717) is 17.0 Å². The quantitative estimate of drug-likeness (QED) is 0.725. The molecule has 0 aromatic carbocycles. The van der Waals surface area contributed by atoms with E-state index in [1.165, 1.54) is 23.0 Å². The lowest BCUT2D eigenvalue weighted by molar-refractivity contribution is 0.144. The number of alkyl halides is 2. The third kappa shape index (κ3) is 2.79. The van der Waals surface area contributed by atoms with Gasteiger partial charge < -0.3 is 4.90 Å². The number of imidazole rings is 1. The Bertz CT molecular complexity index is 862. The van der Waals surface area contributed by atoms with Crippen molar-refractivity contribution < 1.29 is 8.78 Å². The van der Waals surface area contributed by atoms with Crippen molar-refractivity contribution in [3.05, 3.63) is 36.4 Å². The fourth-order valence-corrected chi connectivity index (χ4v) is 3.53. The van der Waals surface area contributed by atoms with Gasteiger partial charge in [-0.3, -0.25) is 0 Å². The summed E-state index contributed by atoms with van der Waals surface area (Å²) in [6.45, 7) is 1.87. The van der Waals surface area contributed by atoms with Crippen molar-refractivity contribution in [1.82, 2.24) is 24.6 Å². The van der Waals surface area contributed by atoms with Crippen LogP contribution in [0.3, 0.4) is 0 Å². The number of nitrogens with zero attached hydrogens (tertiary/aromatic N) is 6. The summed E-state index contributed by atoms with van der Waals surface area (Å²) in [6, 6.07) is 4.67. The van der Waals surface area contributed by atoms with Gasteiger partial charge in [0.25, 0.3) is 6.43 Å². The van der Waals surface area contributed by atoms with Crippen LogP contribution in [-0.4, -0.2) is 49.2 Å². The Balaban J connectivity index is 1.75. The highest BCUT2D eigenvalue weighted by Gasteiger charge is 2.17. The third-order valence-corrected chi connectivity index (χ3v) is 4.80. The van der Waals surface area contributed by atoms with Crippen LogP contribution in [0.1, 0.15) is 12.1 Å². The first-order valence-corrected chi connectivity index (χ1v) is 8.66. The Morgan fingerprint density at radius 1 is 1.08 bits per heavy atom. The van der Waals surface area contributed by atoms with E-state index in [1.54, 1.807) is 6.20 Å². The van der Waals surface area contributed by atoms with Crippen molar-refractivity contribution in [2.75, 3.05) is 29.5 Å². The second kappa shape index (κ2) is 6.31. The molecule has 24 heavy (non-hydrogen) atoms. The molecule has 124 valence electrons. The van der Waals surface area contributed by atoms with Gasteiger partial charge in [0.05, 0.1) is 11.9 Å².